The lowest BCUT2D eigenvalue weighted by atomic mass is 9.85. The minimum Gasteiger partial charge on any atom is -0.481 e. The lowest BCUT2D eigenvalue weighted by Crippen LogP contribution is -2.38. The summed E-state index contributed by atoms with van der Waals surface area (Å²) < 4.78 is 1.97. The molecule has 2 heterocycles. The third-order valence-electron chi connectivity index (χ3n) is 4.24. The quantitative estimate of drug-likeness (QED) is 0.899. The maximum atomic E-state index is 11.1. The molecule has 1 aliphatic rings. The van der Waals surface area contributed by atoms with Crippen molar-refractivity contribution < 1.29 is 9.90 Å². The molecular weight excluding hydrogens is 268 g/mol. The molecule has 112 valence electrons. The standard InChI is InChI=1S/C15H20N4O2/c1-10(14-18-17-13-7-2-3-8-19(13)14)16-12-6-4-5-11(9-12)15(20)21/h2-3,7-8,10-12,16H,4-6,9H2,1H3,(H,20,21). The van der Waals surface area contributed by atoms with E-state index in [0.717, 1.165) is 30.7 Å². The molecule has 0 bridgehead atoms. The number of hydrogen-bond donors (Lipinski definition) is 2. The van der Waals surface area contributed by atoms with Crippen molar-refractivity contribution in [2.75, 3.05) is 0 Å². The smallest absolute Gasteiger partial charge is 0.306 e. The first kappa shape index (κ1) is 14.0. The summed E-state index contributed by atoms with van der Waals surface area (Å²) >= 11 is 0. The Morgan fingerprint density at radius 1 is 1.43 bits per heavy atom. The number of aromatic nitrogens is 3. The molecule has 1 fully saturated rings. The average Bonchev–Trinajstić information content (AvgIpc) is 2.91. The van der Waals surface area contributed by atoms with Crippen LogP contribution in [0.2, 0.25) is 0 Å². The van der Waals surface area contributed by atoms with Crippen LogP contribution in [0, 0.1) is 5.92 Å². The van der Waals surface area contributed by atoms with Gasteiger partial charge in [0.1, 0.15) is 0 Å². The summed E-state index contributed by atoms with van der Waals surface area (Å²) in [7, 11) is 0. The number of carboxylic acid groups (broad SMARTS) is 1. The van der Waals surface area contributed by atoms with E-state index in [9.17, 15) is 4.79 Å². The Morgan fingerprint density at radius 3 is 3.10 bits per heavy atom. The number of aliphatic carboxylic acids is 1. The highest BCUT2D eigenvalue weighted by Gasteiger charge is 2.28. The minimum absolute atomic E-state index is 0.0416. The van der Waals surface area contributed by atoms with E-state index in [-0.39, 0.29) is 18.0 Å². The molecule has 3 atom stereocenters. The van der Waals surface area contributed by atoms with Gasteiger partial charge in [0.15, 0.2) is 11.5 Å². The van der Waals surface area contributed by atoms with Crippen molar-refractivity contribution in [2.24, 2.45) is 5.92 Å². The van der Waals surface area contributed by atoms with E-state index < -0.39 is 5.97 Å². The van der Waals surface area contributed by atoms with Crippen LogP contribution < -0.4 is 5.32 Å². The molecule has 1 saturated carbocycles. The fourth-order valence-electron chi connectivity index (χ4n) is 3.15. The molecule has 21 heavy (non-hydrogen) atoms. The number of hydrogen-bond acceptors (Lipinski definition) is 4. The van der Waals surface area contributed by atoms with E-state index in [1.807, 2.05) is 35.7 Å². The van der Waals surface area contributed by atoms with Crippen LogP contribution in [0.1, 0.15) is 44.5 Å². The van der Waals surface area contributed by atoms with Crippen molar-refractivity contribution in [2.45, 2.75) is 44.7 Å². The number of carboxylic acids is 1. The van der Waals surface area contributed by atoms with E-state index in [2.05, 4.69) is 15.5 Å². The molecule has 3 unspecified atom stereocenters. The van der Waals surface area contributed by atoms with Crippen LogP contribution in [0.15, 0.2) is 24.4 Å². The number of nitrogens with one attached hydrogen (secondary N) is 1. The lowest BCUT2D eigenvalue weighted by molar-refractivity contribution is -0.143. The molecule has 0 aliphatic heterocycles. The Labute approximate surface area is 123 Å². The zero-order valence-corrected chi connectivity index (χ0v) is 12.1. The molecule has 0 radical (unpaired) electrons. The highest BCUT2D eigenvalue weighted by molar-refractivity contribution is 5.70. The normalized spacial score (nSPS) is 24.0. The summed E-state index contributed by atoms with van der Waals surface area (Å²) in [6.45, 7) is 2.05. The van der Waals surface area contributed by atoms with Crippen molar-refractivity contribution in [3.8, 4) is 0 Å². The van der Waals surface area contributed by atoms with Gasteiger partial charge in [-0.25, -0.2) is 0 Å². The predicted octanol–water partition coefficient (Wildman–Crippen LogP) is 2.02. The van der Waals surface area contributed by atoms with E-state index in [1.165, 1.54) is 0 Å². The summed E-state index contributed by atoms with van der Waals surface area (Å²) in [4.78, 5) is 11.1. The van der Waals surface area contributed by atoms with Gasteiger partial charge in [-0.05, 0) is 38.3 Å². The van der Waals surface area contributed by atoms with Crippen molar-refractivity contribution in [1.29, 1.82) is 0 Å². The zero-order valence-electron chi connectivity index (χ0n) is 12.1. The summed E-state index contributed by atoms with van der Waals surface area (Å²) in [5.41, 5.74) is 0.827. The van der Waals surface area contributed by atoms with Crippen LogP contribution in [0.3, 0.4) is 0 Å². The SMILES string of the molecule is CC(NC1CCCC(C(=O)O)C1)c1nnc2ccccn12. The van der Waals surface area contributed by atoms with Crippen LogP contribution in [-0.2, 0) is 4.79 Å². The average molecular weight is 288 g/mol. The van der Waals surface area contributed by atoms with Gasteiger partial charge in [-0.2, -0.15) is 0 Å². The summed E-state index contributed by atoms with van der Waals surface area (Å²) in [6, 6.07) is 6.08. The second-order valence-corrected chi connectivity index (χ2v) is 5.77. The number of carbonyl (C=O) groups is 1. The molecule has 2 aromatic heterocycles. The Morgan fingerprint density at radius 2 is 2.29 bits per heavy atom. The van der Waals surface area contributed by atoms with Crippen molar-refractivity contribution >= 4 is 11.6 Å². The van der Waals surface area contributed by atoms with E-state index >= 15 is 0 Å². The minimum atomic E-state index is -0.679. The fraction of sp³-hybridized carbons (Fsp3) is 0.533. The molecule has 6 heteroatoms. The largest absolute Gasteiger partial charge is 0.481 e. The van der Waals surface area contributed by atoms with Gasteiger partial charge in [-0.1, -0.05) is 12.5 Å². The van der Waals surface area contributed by atoms with Gasteiger partial charge in [0, 0.05) is 12.2 Å². The molecule has 6 nitrogen and oxygen atoms in total. The topological polar surface area (TPSA) is 79.5 Å². The lowest BCUT2D eigenvalue weighted by Gasteiger charge is -2.29. The first-order valence-electron chi connectivity index (χ1n) is 7.43. The van der Waals surface area contributed by atoms with Gasteiger partial charge < -0.3 is 10.4 Å². The third-order valence-corrected chi connectivity index (χ3v) is 4.24. The van der Waals surface area contributed by atoms with Gasteiger partial charge in [0.25, 0.3) is 0 Å². The molecule has 0 aromatic carbocycles. The van der Waals surface area contributed by atoms with Crippen LogP contribution >= 0.6 is 0 Å². The van der Waals surface area contributed by atoms with Gasteiger partial charge in [-0.15, -0.1) is 10.2 Å². The third kappa shape index (κ3) is 2.90. The highest BCUT2D eigenvalue weighted by Crippen LogP contribution is 2.26. The summed E-state index contributed by atoms with van der Waals surface area (Å²) in [5.74, 6) is -0.0382. The second kappa shape index (κ2) is 5.81. The van der Waals surface area contributed by atoms with Crippen LogP contribution in [0.4, 0.5) is 0 Å². The Hall–Kier alpha value is -1.95. The van der Waals surface area contributed by atoms with Crippen molar-refractivity contribution in [3.05, 3.63) is 30.2 Å². The molecule has 0 saturated heterocycles. The Bertz CT molecular complexity index is 639. The number of pyridine rings is 1. The molecule has 3 rings (SSSR count). The molecular formula is C15H20N4O2. The number of rotatable bonds is 4. The van der Waals surface area contributed by atoms with Crippen LogP contribution in [0.25, 0.3) is 5.65 Å². The maximum Gasteiger partial charge on any atom is 0.306 e. The van der Waals surface area contributed by atoms with E-state index in [4.69, 9.17) is 5.11 Å². The predicted molar refractivity (Wildman–Crippen MR) is 77.9 cm³/mol. The van der Waals surface area contributed by atoms with Gasteiger partial charge in [0.05, 0.1) is 12.0 Å². The Kier molecular flexibility index (Phi) is 3.88. The van der Waals surface area contributed by atoms with Gasteiger partial charge in [-0.3, -0.25) is 9.20 Å². The first-order chi connectivity index (χ1) is 10.1. The van der Waals surface area contributed by atoms with Crippen molar-refractivity contribution in [1.82, 2.24) is 19.9 Å². The van der Waals surface area contributed by atoms with Gasteiger partial charge in [0.2, 0.25) is 0 Å². The molecule has 1 aliphatic carbocycles. The molecule has 2 aromatic rings. The van der Waals surface area contributed by atoms with E-state index in [0.29, 0.717) is 6.42 Å². The number of fused-ring (bicyclic) bond motifs is 1. The first-order valence-corrected chi connectivity index (χ1v) is 7.43. The summed E-state index contributed by atoms with van der Waals surface area (Å²) in [5, 5.41) is 21.1. The monoisotopic (exact) mass is 288 g/mol. The van der Waals surface area contributed by atoms with Crippen molar-refractivity contribution in [3.63, 3.8) is 0 Å². The Balaban J connectivity index is 1.71. The highest BCUT2D eigenvalue weighted by atomic mass is 16.4. The fourth-order valence-corrected chi connectivity index (χ4v) is 3.15. The maximum absolute atomic E-state index is 11.1. The molecule has 2 N–H and O–H groups in total. The molecule has 0 amide bonds. The van der Waals surface area contributed by atoms with Crippen LogP contribution in [0.5, 0.6) is 0 Å². The van der Waals surface area contributed by atoms with Gasteiger partial charge >= 0.3 is 5.97 Å². The molecule has 0 spiro atoms. The summed E-state index contributed by atoms with van der Waals surface area (Å²) in [6.07, 6.45) is 5.41. The van der Waals surface area contributed by atoms with Crippen LogP contribution in [-0.4, -0.2) is 31.7 Å². The zero-order chi connectivity index (χ0) is 14.8. The van der Waals surface area contributed by atoms with E-state index in [1.54, 1.807) is 0 Å². The second-order valence-electron chi connectivity index (χ2n) is 5.77. The number of nitrogens with zero attached hydrogens (tertiary/aromatic N) is 3.